The van der Waals surface area contributed by atoms with E-state index in [1.165, 1.54) is 32.2 Å². The van der Waals surface area contributed by atoms with E-state index in [1.807, 2.05) is 0 Å². The molecular formula is C20H27N3O3. The van der Waals surface area contributed by atoms with Gasteiger partial charge in [0.2, 0.25) is 0 Å². The van der Waals surface area contributed by atoms with Crippen LogP contribution in [0, 0.1) is 5.92 Å². The lowest BCUT2D eigenvalue weighted by Crippen LogP contribution is -2.45. The Morgan fingerprint density at radius 2 is 1.96 bits per heavy atom. The third kappa shape index (κ3) is 4.01. The van der Waals surface area contributed by atoms with Crippen LogP contribution in [0.15, 0.2) is 18.2 Å². The van der Waals surface area contributed by atoms with E-state index in [0.717, 1.165) is 31.8 Å². The monoisotopic (exact) mass is 357 g/mol. The van der Waals surface area contributed by atoms with Crippen molar-refractivity contribution in [1.29, 1.82) is 0 Å². The predicted molar refractivity (Wildman–Crippen MR) is 99.5 cm³/mol. The Morgan fingerprint density at radius 3 is 2.73 bits per heavy atom. The smallest absolute Gasteiger partial charge is 0.262 e. The Morgan fingerprint density at radius 1 is 1.19 bits per heavy atom. The quantitative estimate of drug-likeness (QED) is 0.868. The van der Waals surface area contributed by atoms with Gasteiger partial charge in [-0.25, -0.2) is 0 Å². The zero-order valence-electron chi connectivity index (χ0n) is 15.1. The molecule has 0 aromatic heterocycles. The number of hydrogen-bond donors (Lipinski definition) is 2. The van der Waals surface area contributed by atoms with Crippen LogP contribution in [0.4, 0.5) is 5.69 Å². The third-order valence-corrected chi connectivity index (χ3v) is 5.79. The second-order valence-corrected chi connectivity index (χ2v) is 7.75. The first-order chi connectivity index (χ1) is 12.7. The summed E-state index contributed by atoms with van der Waals surface area (Å²) >= 11 is 0. The first-order valence-corrected chi connectivity index (χ1v) is 9.77. The topological polar surface area (TPSA) is 70.7 Å². The minimum atomic E-state index is -0.190. The van der Waals surface area contributed by atoms with Crippen molar-refractivity contribution >= 4 is 17.5 Å². The number of amides is 2. The average molecular weight is 357 g/mol. The molecule has 2 aliphatic heterocycles. The molecule has 1 aromatic carbocycles. The van der Waals surface area contributed by atoms with Crippen molar-refractivity contribution in [1.82, 2.24) is 10.2 Å². The van der Waals surface area contributed by atoms with E-state index in [-0.39, 0.29) is 24.5 Å². The van der Waals surface area contributed by atoms with Crippen molar-refractivity contribution in [3.8, 4) is 5.75 Å². The Hall–Kier alpha value is -2.08. The summed E-state index contributed by atoms with van der Waals surface area (Å²) < 4.78 is 5.34. The number of ether oxygens (including phenoxy) is 1. The molecule has 140 valence electrons. The van der Waals surface area contributed by atoms with Gasteiger partial charge in [-0.3, -0.25) is 9.59 Å². The van der Waals surface area contributed by atoms with Gasteiger partial charge < -0.3 is 20.3 Å². The molecule has 0 spiro atoms. The highest BCUT2D eigenvalue weighted by Crippen LogP contribution is 2.29. The highest BCUT2D eigenvalue weighted by atomic mass is 16.5. The number of carbonyl (C=O) groups excluding carboxylic acids is 2. The number of nitrogens with one attached hydrogen (secondary N) is 2. The van der Waals surface area contributed by atoms with Gasteiger partial charge in [-0.1, -0.05) is 12.8 Å². The summed E-state index contributed by atoms with van der Waals surface area (Å²) in [6.45, 7) is 3.38. The van der Waals surface area contributed by atoms with Crippen LogP contribution in [-0.2, 0) is 4.79 Å². The number of fused-ring (bicyclic) bond motifs is 1. The molecule has 6 heteroatoms. The highest BCUT2D eigenvalue weighted by Gasteiger charge is 2.25. The molecule has 2 fully saturated rings. The van der Waals surface area contributed by atoms with Crippen molar-refractivity contribution in [2.75, 3.05) is 31.6 Å². The van der Waals surface area contributed by atoms with Gasteiger partial charge in [-0.2, -0.15) is 0 Å². The zero-order chi connectivity index (χ0) is 17.9. The number of benzene rings is 1. The van der Waals surface area contributed by atoms with Crippen LogP contribution >= 0.6 is 0 Å². The SMILES string of the molecule is O=C1COc2ccc(C(=O)NC3CCN(CC4CCCC4)CC3)cc2N1. The summed E-state index contributed by atoms with van der Waals surface area (Å²) in [5.74, 6) is 1.22. The maximum atomic E-state index is 12.6. The van der Waals surface area contributed by atoms with E-state index in [0.29, 0.717) is 17.0 Å². The van der Waals surface area contributed by atoms with Crippen molar-refractivity contribution < 1.29 is 14.3 Å². The van der Waals surface area contributed by atoms with Crippen molar-refractivity contribution in [3.05, 3.63) is 23.8 Å². The molecule has 0 unspecified atom stereocenters. The second-order valence-electron chi connectivity index (χ2n) is 7.75. The van der Waals surface area contributed by atoms with Gasteiger partial charge in [-0.15, -0.1) is 0 Å². The van der Waals surface area contributed by atoms with Crippen molar-refractivity contribution in [3.63, 3.8) is 0 Å². The summed E-state index contributed by atoms with van der Waals surface area (Å²) in [5.41, 5.74) is 1.13. The fraction of sp³-hybridized carbons (Fsp3) is 0.600. The molecule has 1 aromatic rings. The van der Waals surface area contributed by atoms with E-state index >= 15 is 0 Å². The number of rotatable bonds is 4. The molecule has 2 heterocycles. The molecule has 3 aliphatic rings. The van der Waals surface area contributed by atoms with E-state index in [1.54, 1.807) is 18.2 Å². The predicted octanol–water partition coefficient (Wildman–Crippen LogP) is 2.40. The fourth-order valence-electron chi connectivity index (χ4n) is 4.31. The van der Waals surface area contributed by atoms with Gasteiger partial charge in [0.1, 0.15) is 5.75 Å². The van der Waals surface area contributed by atoms with E-state index in [2.05, 4.69) is 15.5 Å². The molecule has 2 N–H and O–H groups in total. The minimum Gasteiger partial charge on any atom is -0.482 e. The molecule has 0 radical (unpaired) electrons. The summed E-state index contributed by atoms with van der Waals surface area (Å²) in [6, 6.07) is 5.41. The first kappa shape index (κ1) is 17.3. The average Bonchev–Trinajstić information content (AvgIpc) is 3.15. The fourth-order valence-corrected chi connectivity index (χ4v) is 4.31. The van der Waals surface area contributed by atoms with Gasteiger partial charge >= 0.3 is 0 Å². The molecular weight excluding hydrogens is 330 g/mol. The largest absolute Gasteiger partial charge is 0.482 e. The van der Waals surface area contributed by atoms with Crippen LogP contribution in [0.3, 0.4) is 0 Å². The van der Waals surface area contributed by atoms with Crippen LogP contribution in [-0.4, -0.2) is 49.0 Å². The standard InChI is InChI=1S/C20H27N3O3/c24-19-13-26-18-6-5-15(11-17(18)22-19)20(25)21-16-7-9-23(10-8-16)12-14-3-1-2-4-14/h5-6,11,14,16H,1-4,7-10,12-13H2,(H,21,25)(H,22,24). The van der Waals surface area contributed by atoms with Crippen LogP contribution < -0.4 is 15.4 Å². The summed E-state index contributed by atoms with van der Waals surface area (Å²) in [5, 5.41) is 5.90. The number of carbonyl (C=O) groups is 2. The van der Waals surface area contributed by atoms with E-state index < -0.39 is 0 Å². The lowest BCUT2D eigenvalue weighted by molar-refractivity contribution is -0.118. The second kappa shape index (κ2) is 7.66. The van der Waals surface area contributed by atoms with Gasteiger partial charge in [0.25, 0.3) is 11.8 Å². The van der Waals surface area contributed by atoms with Crippen molar-refractivity contribution in [2.24, 2.45) is 5.92 Å². The maximum absolute atomic E-state index is 12.6. The number of anilines is 1. The van der Waals surface area contributed by atoms with Crippen molar-refractivity contribution in [2.45, 2.75) is 44.6 Å². The summed E-state index contributed by atoms with van der Waals surface area (Å²) in [4.78, 5) is 26.6. The summed E-state index contributed by atoms with van der Waals surface area (Å²) in [7, 11) is 0. The van der Waals surface area contributed by atoms with Crippen LogP contribution in [0.5, 0.6) is 5.75 Å². The van der Waals surface area contributed by atoms with E-state index in [9.17, 15) is 9.59 Å². The number of nitrogens with zero attached hydrogens (tertiary/aromatic N) is 1. The Bertz CT molecular complexity index is 677. The maximum Gasteiger partial charge on any atom is 0.262 e. The van der Waals surface area contributed by atoms with Gasteiger partial charge in [0, 0.05) is 31.2 Å². The third-order valence-electron chi connectivity index (χ3n) is 5.79. The molecule has 1 aliphatic carbocycles. The Labute approximate surface area is 154 Å². The molecule has 1 saturated heterocycles. The zero-order valence-corrected chi connectivity index (χ0v) is 15.1. The number of piperidine rings is 1. The molecule has 1 saturated carbocycles. The molecule has 6 nitrogen and oxygen atoms in total. The normalized spacial score (nSPS) is 21.8. The molecule has 0 bridgehead atoms. The van der Waals surface area contributed by atoms with Crippen LogP contribution in [0.25, 0.3) is 0 Å². The Balaban J connectivity index is 1.29. The highest BCUT2D eigenvalue weighted by molar-refractivity contribution is 5.99. The van der Waals surface area contributed by atoms with Crippen LogP contribution in [0.1, 0.15) is 48.9 Å². The Kier molecular flexibility index (Phi) is 5.11. The number of likely N-dealkylation sites (tertiary alicyclic amines) is 1. The lowest BCUT2D eigenvalue weighted by Gasteiger charge is -2.33. The van der Waals surface area contributed by atoms with E-state index in [4.69, 9.17) is 4.74 Å². The van der Waals surface area contributed by atoms with Gasteiger partial charge in [0.05, 0.1) is 5.69 Å². The van der Waals surface area contributed by atoms with Crippen LogP contribution in [0.2, 0.25) is 0 Å². The molecule has 4 rings (SSSR count). The molecule has 2 amide bonds. The lowest BCUT2D eigenvalue weighted by atomic mass is 10.0. The molecule has 26 heavy (non-hydrogen) atoms. The summed E-state index contributed by atoms with van der Waals surface area (Å²) in [6.07, 6.45) is 7.56. The minimum absolute atomic E-state index is 0.0258. The molecule has 0 atom stereocenters. The van der Waals surface area contributed by atoms with Gasteiger partial charge in [-0.05, 0) is 49.8 Å². The first-order valence-electron chi connectivity index (χ1n) is 9.77. The van der Waals surface area contributed by atoms with Gasteiger partial charge in [0.15, 0.2) is 6.61 Å². The number of hydrogen-bond acceptors (Lipinski definition) is 4.